The summed E-state index contributed by atoms with van der Waals surface area (Å²) in [6.07, 6.45) is 10.1. The molecule has 1 aromatic rings. The van der Waals surface area contributed by atoms with Gasteiger partial charge >= 0.3 is 0 Å². The van der Waals surface area contributed by atoms with Crippen LogP contribution in [0.2, 0.25) is 0 Å². The van der Waals surface area contributed by atoms with E-state index in [0.717, 1.165) is 11.1 Å². The molecule has 1 aromatic heterocycles. The first-order valence-corrected chi connectivity index (χ1v) is 6.71. The third kappa shape index (κ3) is 4.02. The number of aromatic nitrogens is 1. The zero-order valence-electron chi connectivity index (χ0n) is 11.0. The monoisotopic (exact) mass is 246 g/mol. The van der Waals surface area contributed by atoms with Crippen LogP contribution in [0.25, 0.3) is 0 Å². The standard InChI is InChI=1S/C14H22N4/c1-11-7-12(9-16-8-11)10-17-14(15)18-13-5-3-2-4-6-13/h7-9,13H,2-6,10H2,1H3,(H3,15,17,18). The van der Waals surface area contributed by atoms with Gasteiger partial charge in [0.15, 0.2) is 5.96 Å². The number of pyridine rings is 1. The molecule has 1 aliphatic carbocycles. The van der Waals surface area contributed by atoms with E-state index in [2.05, 4.69) is 21.4 Å². The maximum Gasteiger partial charge on any atom is 0.189 e. The molecule has 3 N–H and O–H groups in total. The van der Waals surface area contributed by atoms with E-state index in [4.69, 9.17) is 5.73 Å². The fourth-order valence-electron chi connectivity index (χ4n) is 2.38. The Morgan fingerprint density at radius 1 is 1.39 bits per heavy atom. The number of aliphatic imine (C=N–C) groups is 1. The SMILES string of the molecule is Cc1cncc(CN=C(N)NC2CCCCC2)c1. The van der Waals surface area contributed by atoms with Gasteiger partial charge in [-0.25, -0.2) is 4.99 Å². The first-order valence-electron chi connectivity index (χ1n) is 6.71. The lowest BCUT2D eigenvalue weighted by Gasteiger charge is -2.23. The van der Waals surface area contributed by atoms with Crippen LogP contribution in [0.15, 0.2) is 23.5 Å². The van der Waals surface area contributed by atoms with Gasteiger partial charge in [-0.05, 0) is 30.9 Å². The van der Waals surface area contributed by atoms with E-state index in [1.54, 1.807) is 0 Å². The highest BCUT2D eigenvalue weighted by Crippen LogP contribution is 2.17. The summed E-state index contributed by atoms with van der Waals surface area (Å²) in [5.41, 5.74) is 8.16. The molecule has 1 fully saturated rings. The average molecular weight is 246 g/mol. The molecule has 4 nitrogen and oxygen atoms in total. The highest BCUT2D eigenvalue weighted by molar-refractivity contribution is 5.78. The van der Waals surface area contributed by atoms with Crippen LogP contribution in [0.4, 0.5) is 0 Å². The Balaban J connectivity index is 1.84. The van der Waals surface area contributed by atoms with Crippen molar-refractivity contribution in [3.63, 3.8) is 0 Å². The van der Waals surface area contributed by atoms with E-state index in [9.17, 15) is 0 Å². The van der Waals surface area contributed by atoms with Crippen LogP contribution in [-0.4, -0.2) is 17.0 Å². The van der Waals surface area contributed by atoms with Gasteiger partial charge in [0, 0.05) is 18.4 Å². The molecule has 0 spiro atoms. The van der Waals surface area contributed by atoms with E-state index >= 15 is 0 Å². The van der Waals surface area contributed by atoms with Crippen LogP contribution in [0.1, 0.15) is 43.2 Å². The molecule has 0 saturated heterocycles. The van der Waals surface area contributed by atoms with Gasteiger partial charge in [-0.1, -0.05) is 25.3 Å². The number of guanidine groups is 1. The molecule has 1 saturated carbocycles. The third-order valence-electron chi connectivity index (χ3n) is 3.32. The fraction of sp³-hybridized carbons (Fsp3) is 0.571. The molecule has 1 aliphatic rings. The van der Waals surface area contributed by atoms with Crippen LogP contribution in [0.5, 0.6) is 0 Å². The van der Waals surface area contributed by atoms with Gasteiger partial charge in [0.1, 0.15) is 0 Å². The lowest BCUT2D eigenvalue weighted by molar-refractivity contribution is 0.412. The zero-order chi connectivity index (χ0) is 12.8. The Kier molecular flexibility index (Phi) is 4.56. The highest BCUT2D eigenvalue weighted by Gasteiger charge is 2.13. The number of rotatable bonds is 3. The Morgan fingerprint density at radius 2 is 2.17 bits per heavy atom. The van der Waals surface area contributed by atoms with Gasteiger partial charge in [0.05, 0.1) is 6.54 Å². The summed E-state index contributed by atoms with van der Waals surface area (Å²) >= 11 is 0. The molecule has 98 valence electrons. The molecule has 18 heavy (non-hydrogen) atoms. The number of nitrogens with zero attached hydrogens (tertiary/aromatic N) is 2. The number of hydrogen-bond acceptors (Lipinski definition) is 2. The minimum absolute atomic E-state index is 0.512. The minimum atomic E-state index is 0.512. The number of nitrogens with two attached hydrogens (primary N) is 1. The van der Waals surface area contributed by atoms with Gasteiger partial charge in [-0.2, -0.15) is 0 Å². The number of hydrogen-bond donors (Lipinski definition) is 2. The summed E-state index contributed by atoms with van der Waals surface area (Å²) in [6, 6.07) is 2.60. The second kappa shape index (κ2) is 6.38. The lowest BCUT2D eigenvalue weighted by Crippen LogP contribution is -2.41. The predicted molar refractivity (Wildman–Crippen MR) is 74.3 cm³/mol. The van der Waals surface area contributed by atoms with Crippen LogP contribution < -0.4 is 11.1 Å². The van der Waals surface area contributed by atoms with Crippen LogP contribution >= 0.6 is 0 Å². The first kappa shape index (κ1) is 12.9. The number of aryl methyl sites for hydroxylation is 1. The summed E-state index contributed by atoms with van der Waals surface area (Å²) in [5, 5.41) is 3.31. The molecule has 0 bridgehead atoms. The van der Waals surface area contributed by atoms with Crippen molar-refractivity contribution in [3.8, 4) is 0 Å². The Bertz CT molecular complexity index is 408. The fourth-order valence-corrected chi connectivity index (χ4v) is 2.38. The molecule has 0 atom stereocenters. The molecule has 4 heteroatoms. The van der Waals surface area contributed by atoms with Gasteiger partial charge in [-0.3, -0.25) is 4.98 Å². The Labute approximate surface area is 109 Å². The van der Waals surface area contributed by atoms with Crippen molar-refractivity contribution in [3.05, 3.63) is 29.6 Å². The summed E-state index contributed by atoms with van der Waals surface area (Å²) in [5.74, 6) is 0.559. The summed E-state index contributed by atoms with van der Waals surface area (Å²) in [6.45, 7) is 2.63. The molecular formula is C14H22N4. The second-order valence-electron chi connectivity index (χ2n) is 5.05. The van der Waals surface area contributed by atoms with E-state index < -0.39 is 0 Å². The molecule has 1 heterocycles. The molecule has 0 radical (unpaired) electrons. The maximum atomic E-state index is 5.91. The molecule has 0 aromatic carbocycles. The largest absolute Gasteiger partial charge is 0.370 e. The van der Waals surface area contributed by atoms with Gasteiger partial charge in [0.25, 0.3) is 0 Å². The summed E-state index contributed by atoms with van der Waals surface area (Å²) < 4.78 is 0. The normalized spacial score (nSPS) is 17.7. The van der Waals surface area contributed by atoms with Crippen molar-refractivity contribution in [1.29, 1.82) is 0 Å². The molecule has 0 unspecified atom stereocenters. The Morgan fingerprint density at radius 3 is 2.89 bits per heavy atom. The van der Waals surface area contributed by atoms with E-state index in [0.29, 0.717) is 18.5 Å². The Hall–Kier alpha value is -1.58. The van der Waals surface area contributed by atoms with Crippen LogP contribution in [0.3, 0.4) is 0 Å². The minimum Gasteiger partial charge on any atom is -0.370 e. The molecule has 0 aliphatic heterocycles. The van der Waals surface area contributed by atoms with Crippen molar-refractivity contribution < 1.29 is 0 Å². The van der Waals surface area contributed by atoms with Crippen LogP contribution in [0, 0.1) is 6.92 Å². The van der Waals surface area contributed by atoms with Crippen molar-refractivity contribution in [2.24, 2.45) is 10.7 Å². The summed E-state index contributed by atoms with van der Waals surface area (Å²) in [7, 11) is 0. The predicted octanol–water partition coefficient (Wildman–Crippen LogP) is 2.13. The molecule has 0 amide bonds. The van der Waals surface area contributed by atoms with Crippen molar-refractivity contribution in [2.45, 2.75) is 51.6 Å². The second-order valence-corrected chi connectivity index (χ2v) is 5.05. The van der Waals surface area contributed by atoms with E-state index in [1.807, 2.05) is 19.3 Å². The zero-order valence-corrected chi connectivity index (χ0v) is 11.0. The molecule has 2 rings (SSSR count). The van der Waals surface area contributed by atoms with Crippen LogP contribution in [-0.2, 0) is 6.54 Å². The lowest BCUT2D eigenvalue weighted by atomic mass is 9.96. The maximum absolute atomic E-state index is 5.91. The van der Waals surface area contributed by atoms with Gasteiger partial charge < -0.3 is 11.1 Å². The topological polar surface area (TPSA) is 63.3 Å². The van der Waals surface area contributed by atoms with E-state index in [1.165, 1.54) is 32.1 Å². The van der Waals surface area contributed by atoms with Gasteiger partial charge in [-0.15, -0.1) is 0 Å². The van der Waals surface area contributed by atoms with Gasteiger partial charge in [0.2, 0.25) is 0 Å². The van der Waals surface area contributed by atoms with Crippen molar-refractivity contribution >= 4 is 5.96 Å². The van der Waals surface area contributed by atoms with Crippen molar-refractivity contribution in [1.82, 2.24) is 10.3 Å². The quantitative estimate of drug-likeness (QED) is 0.634. The number of nitrogens with one attached hydrogen (secondary N) is 1. The summed E-state index contributed by atoms with van der Waals surface area (Å²) in [4.78, 5) is 8.52. The highest BCUT2D eigenvalue weighted by atomic mass is 15.1. The molecular weight excluding hydrogens is 224 g/mol. The first-order chi connectivity index (χ1) is 8.74. The third-order valence-corrected chi connectivity index (χ3v) is 3.32. The van der Waals surface area contributed by atoms with Crippen molar-refractivity contribution in [2.75, 3.05) is 0 Å². The van der Waals surface area contributed by atoms with E-state index in [-0.39, 0.29) is 0 Å². The smallest absolute Gasteiger partial charge is 0.189 e. The average Bonchev–Trinajstić information content (AvgIpc) is 2.38.